The van der Waals surface area contributed by atoms with Gasteiger partial charge in [-0.1, -0.05) is 24.5 Å². The zero-order valence-electron chi connectivity index (χ0n) is 11.9. The van der Waals surface area contributed by atoms with Crippen LogP contribution in [0.25, 0.3) is 10.9 Å². The van der Waals surface area contributed by atoms with E-state index in [1.807, 2.05) is 0 Å². The average Bonchev–Trinajstić information content (AvgIpc) is 2.69. The van der Waals surface area contributed by atoms with Gasteiger partial charge in [0, 0.05) is 24.1 Å². The van der Waals surface area contributed by atoms with Crippen molar-refractivity contribution >= 4 is 10.9 Å². The second-order valence-corrected chi connectivity index (χ2v) is 6.10. The molecule has 0 radical (unpaired) electrons. The van der Waals surface area contributed by atoms with Gasteiger partial charge in [-0.2, -0.15) is 0 Å². The molecule has 1 aliphatic carbocycles. The lowest BCUT2D eigenvalue weighted by Crippen LogP contribution is -2.26. The van der Waals surface area contributed by atoms with Crippen molar-refractivity contribution in [3.05, 3.63) is 35.5 Å². The highest BCUT2D eigenvalue weighted by Crippen LogP contribution is 2.31. The molecule has 0 saturated heterocycles. The van der Waals surface area contributed by atoms with Crippen molar-refractivity contribution in [1.29, 1.82) is 0 Å². The summed E-state index contributed by atoms with van der Waals surface area (Å²) >= 11 is 0. The quantitative estimate of drug-likeness (QED) is 0.874. The highest BCUT2D eigenvalue weighted by atomic mass is 16.3. The number of benzene rings is 1. The number of aliphatic hydroxyl groups excluding tert-OH is 1. The summed E-state index contributed by atoms with van der Waals surface area (Å²) in [4.78, 5) is 0. The number of hydrogen-bond acceptors (Lipinski definition) is 1. The molecule has 19 heavy (non-hydrogen) atoms. The van der Waals surface area contributed by atoms with E-state index in [1.165, 1.54) is 41.3 Å². The van der Waals surface area contributed by atoms with Gasteiger partial charge in [0.05, 0.1) is 6.10 Å². The van der Waals surface area contributed by atoms with E-state index in [-0.39, 0.29) is 6.10 Å². The maximum Gasteiger partial charge on any atom is 0.0571 e. The maximum absolute atomic E-state index is 10.2. The van der Waals surface area contributed by atoms with E-state index >= 15 is 0 Å². The third-order valence-corrected chi connectivity index (χ3v) is 4.58. The summed E-state index contributed by atoms with van der Waals surface area (Å²) in [6.45, 7) is 2.14. The zero-order valence-corrected chi connectivity index (χ0v) is 11.9. The number of nitrogens with zero attached hydrogens (tertiary/aromatic N) is 1. The van der Waals surface area contributed by atoms with Crippen LogP contribution in [0.4, 0.5) is 0 Å². The summed E-state index contributed by atoms with van der Waals surface area (Å²) in [5, 5.41) is 11.5. The second-order valence-electron chi connectivity index (χ2n) is 6.10. The minimum Gasteiger partial charge on any atom is -0.393 e. The molecule has 3 rings (SSSR count). The molecule has 2 atom stereocenters. The van der Waals surface area contributed by atoms with Crippen LogP contribution >= 0.6 is 0 Å². The normalized spacial score (nSPS) is 23.9. The molecule has 2 heteroatoms. The van der Waals surface area contributed by atoms with Gasteiger partial charge >= 0.3 is 0 Å². The number of aryl methyl sites for hydroxylation is 2. The van der Waals surface area contributed by atoms with E-state index in [4.69, 9.17) is 0 Å². The molecule has 1 aromatic carbocycles. The van der Waals surface area contributed by atoms with Gasteiger partial charge in [-0.25, -0.2) is 0 Å². The van der Waals surface area contributed by atoms with Crippen molar-refractivity contribution < 1.29 is 5.11 Å². The summed E-state index contributed by atoms with van der Waals surface area (Å²) < 4.78 is 2.21. The Morgan fingerprint density at radius 2 is 2.05 bits per heavy atom. The Morgan fingerprint density at radius 1 is 1.26 bits per heavy atom. The number of hydrogen-bond donors (Lipinski definition) is 1. The molecule has 1 aromatic heterocycles. The predicted octanol–water partition coefficient (Wildman–Crippen LogP) is 3.58. The molecule has 0 aliphatic heterocycles. The fourth-order valence-electron chi connectivity index (χ4n) is 3.46. The fourth-order valence-corrected chi connectivity index (χ4v) is 3.46. The smallest absolute Gasteiger partial charge is 0.0571 e. The highest BCUT2D eigenvalue weighted by Gasteiger charge is 2.24. The minimum atomic E-state index is -0.103. The largest absolute Gasteiger partial charge is 0.393 e. The van der Waals surface area contributed by atoms with Gasteiger partial charge in [0.1, 0.15) is 0 Å². The molecule has 1 saturated carbocycles. The van der Waals surface area contributed by atoms with Gasteiger partial charge in [0.25, 0.3) is 0 Å². The van der Waals surface area contributed by atoms with Gasteiger partial charge in [-0.05, 0) is 49.8 Å². The summed E-state index contributed by atoms with van der Waals surface area (Å²) in [7, 11) is 2.11. The fraction of sp³-hybridized carbons (Fsp3) is 0.529. The summed E-state index contributed by atoms with van der Waals surface area (Å²) in [5.74, 6) is 0.444. The predicted molar refractivity (Wildman–Crippen MR) is 79.3 cm³/mol. The maximum atomic E-state index is 10.2. The molecular formula is C17H23NO. The Balaban J connectivity index is 1.94. The monoisotopic (exact) mass is 257 g/mol. The summed E-state index contributed by atoms with van der Waals surface area (Å²) in [5.41, 5.74) is 4.00. The number of fused-ring (bicyclic) bond motifs is 1. The SMILES string of the molecule is Cc1ccc2c(c1)c(CC1CCCCC1O)cn2C. The molecule has 1 fully saturated rings. The Hall–Kier alpha value is -1.28. The van der Waals surface area contributed by atoms with Crippen LogP contribution in [-0.4, -0.2) is 15.8 Å². The first-order chi connectivity index (χ1) is 9.15. The van der Waals surface area contributed by atoms with Crippen LogP contribution in [0.1, 0.15) is 36.8 Å². The van der Waals surface area contributed by atoms with Crippen LogP contribution in [-0.2, 0) is 13.5 Å². The third kappa shape index (κ3) is 2.42. The Labute approximate surface area is 115 Å². The molecule has 1 heterocycles. The number of rotatable bonds is 2. The number of aliphatic hydroxyl groups is 1. The lowest BCUT2D eigenvalue weighted by Gasteiger charge is -2.27. The van der Waals surface area contributed by atoms with Crippen LogP contribution in [0.15, 0.2) is 24.4 Å². The van der Waals surface area contributed by atoms with Gasteiger partial charge in [-0.15, -0.1) is 0 Å². The van der Waals surface area contributed by atoms with Crippen molar-refractivity contribution in [2.24, 2.45) is 13.0 Å². The third-order valence-electron chi connectivity index (χ3n) is 4.58. The molecular weight excluding hydrogens is 234 g/mol. The lowest BCUT2D eigenvalue weighted by molar-refractivity contribution is 0.0702. The van der Waals surface area contributed by atoms with Crippen LogP contribution < -0.4 is 0 Å². The van der Waals surface area contributed by atoms with Crippen molar-refractivity contribution in [2.75, 3.05) is 0 Å². The second kappa shape index (κ2) is 5.01. The van der Waals surface area contributed by atoms with E-state index in [9.17, 15) is 5.11 Å². The standard InChI is InChI=1S/C17H23NO/c1-12-7-8-16-15(9-12)14(11-18(16)2)10-13-5-3-4-6-17(13)19/h7-9,11,13,17,19H,3-6,10H2,1-2H3. The Bertz CT molecular complexity index is 584. The molecule has 2 aromatic rings. The zero-order chi connectivity index (χ0) is 13.4. The van der Waals surface area contributed by atoms with Crippen molar-refractivity contribution in [2.45, 2.75) is 45.1 Å². The summed E-state index contributed by atoms with van der Waals surface area (Å²) in [6.07, 6.45) is 7.76. The van der Waals surface area contributed by atoms with Crippen molar-refractivity contribution in [3.63, 3.8) is 0 Å². The Morgan fingerprint density at radius 3 is 2.84 bits per heavy atom. The molecule has 0 bridgehead atoms. The van der Waals surface area contributed by atoms with Gasteiger partial charge < -0.3 is 9.67 Å². The van der Waals surface area contributed by atoms with Gasteiger partial charge in [-0.3, -0.25) is 0 Å². The molecule has 0 amide bonds. The van der Waals surface area contributed by atoms with Gasteiger partial charge in [0.15, 0.2) is 0 Å². The van der Waals surface area contributed by atoms with Crippen LogP contribution in [0.2, 0.25) is 0 Å². The van der Waals surface area contributed by atoms with E-state index in [0.717, 1.165) is 12.8 Å². The van der Waals surface area contributed by atoms with Crippen LogP contribution in [0, 0.1) is 12.8 Å². The minimum absolute atomic E-state index is 0.103. The van der Waals surface area contributed by atoms with E-state index in [0.29, 0.717) is 5.92 Å². The first-order valence-electron chi connectivity index (χ1n) is 7.38. The molecule has 2 nitrogen and oxygen atoms in total. The first kappa shape index (κ1) is 12.7. The molecule has 102 valence electrons. The molecule has 2 unspecified atom stereocenters. The average molecular weight is 257 g/mol. The number of aromatic nitrogens is 1. The Kier molecular flexibility index (Phi) is 3.36. The molecule has 0 spiro atoms. The van der Waals surface area contributed by atoms with E-state index < -0.39 is 0 Å². The van der Waals surface area contributed by atoms with Crippen molar-refractivity contribution in [3.8, 4) is 0 Å². The summed E-state index contributed by atoms with van der Waals surface area (Å²) in [6, 6.07) is 6.65. The first-order valence-corrected chi connectivity index (χ1v) is 7.38. The van der Waals surface area contributed by atoms with Crippen molar-refractivity contribution in [1.82, 2.24) is 4.57 Å². The van der Waals surface area contributed by atoms with Crippen LogP contribution in [0.3, 0.4) is 0 Å². The lowest BCUT2D eigenvalue weighted by atomic mass is 9.82. The molecule has 1 N–H and O–H groups in total. The molecule has 1 aliphatic rings. The topological polar surface area (TPSA) is 25.2 Å². The van der Waals surface area contributed by atoms with E-state index in [2.05, 4.69) is 42.9 Å². The van der Waals surface area contributed by atoms with Crippen LogP contribution in [0.5, 0.6) is 0 Å². The van der Waals surface area contributed by atoms with Gasteiger partial charge in [0.2, 0.25) is 0 Å². The van der Waals surface area contributed by atoms with E-state index in [1.54, 1.807) is 0 Å². The highest BCUT2D eigenvalue weighted by molar-refractivity contribution is 5.84.